The van der Waals surface area contributed by atoms with Crippen LogP contribution in [0.5, 0.6) is 17.2 Å². The van der Waals surface area contributed by atoms with E-state index in [-0.39, 0.29) is 11.3 Å². The molecule has 0 spiro atoms. The van der Waals surface area contributed by atoms with Gasteiger partial charge in [0.15, 0.2) is 18.1 Å². The zero-order valence-corrected chi connectivity index (χ0v) is 17.8. The van der Waals surface area contributed by atoms with Crippen molar-refractivity contribution in [2.45, 2.75) is 20.0 Å². The van der Waals surface area contributed by atoms with Gasteiger partial charge in [-0.05, 0) is 58.7 Å². The number of alkyl halides is 2. The van der Waals surface area contributed by atoms with Gasteiger partial charge in [-0.25, -0.2) is 4.79 Å². The lowest BCUT2D eigenvalue weighted by molar-refractivity contribution is -0.119. The maximum atomic E-state index is 12.3. The number of esters is 1. The molecule has 0 bridgehead atoms. The lowest BCUT2D eigenvalue weighted by Crippen LogP contribution is -2.21. The van der Waals surface area contributed by atoms with Crippen LogP contribution in [0.2, 0.25) is 0 Å². The highest BCUT2D eigenvalue weighted by atomic mass is 79.9. The molecular weight excluding hydrogens is 468 g/mol. The van der Waals surface area contributed by atoms with Crippen LogP contribution in [-0.2, 0) is 9.53 Å². The van der Waals surface area contributed by atoms with Crippen LogP contribution in [0.25, 0.3) is 0 Å². The zero-order chi connectivity index (χ0) is 22.1. The van der Waals surface area contributed by atoms with Crippen LogP contribution >= 0.6 is 15.9 Å². The summed E-state index contributed by atoms with van der Waals surface area (Å²) in [7, 11) is 1.45. The molecule has 0 aromatic heterocycles. The quantitative estimate of drug-likeness (QED) is 0.491. The van der Waals surface area contributed by atoms with Gasteiger partial charge in [0.05, 0.1) is 23.8 Å². The molecule has 1 N–H and O–H groups in total. The maximum absolute atomic E-state index is 12.3. The van der Waals surface area contributed by atoms with Crippen molar-refractivity contribution < 1.29 is 37.3 Å². The second kappa shape index (κ2) is 11.3. The predicted molar refractivity (Wildman–Crippen MR) is 108 cm³/mol. The van der Waals surface area contributed by atoms with E-state index in [0.717, 1.165) is 6.42 Å². The summed E-state index contributed by atoms with van der Waals surface area (Å²) in [6.45, 7) is -1.03. The number of amides is 1. The number of hydrogen-bond donors (Lipinski definition) is 1. The first-order chi connectivity index (χ1) is 14.3. The molecule has 10 heteroatoms. The summed E-state index contributed by atoms with van der Waals surface area (Å²) in [6, 6.07) is 8.29. The number of halogens is 3. The molecular formula is C20H20BrF2NO6. The van der Waals surface area contributed by atoms with Crippen molar-refractivity contribution >= 4 is 33.5 Å². The number of carbonyl (C=O) groups excluding carboxylic acids is 2. The van der Waals surface area contributed by atoms with Gasteiger partial charge in [0.25, 0.3) is 5.91 Å². The average Bonchev–Trinajstić information content (AvgIpc) is 2.71. The Balaban J connectivity index is 1.94. The minimum atomic E-state index is -2.93. The fourth-order valence-corrected chi connectivity index (χ4v) is 2.87. The van der Waals surface area contributed by atoms with E-state index in [4.69, 9.17) is 14.2 Å². The average molecular weight is 488 g/mol. The minimum absolute atomic E-state index is 0.0414. The molecule has 0 radical (unpaired) electrons. The Hall–Kier alpha value is -2.88. The van der Waals surface area contributed by atoms with E-state index in [9.17, 15) is 18.4 Å². The fourth-order valence-electron chi connectivity index (χ4n) is 2.31. The highest BCUT2D eigenvalue weighted by Crippen LogP contribution is 2.37. The number of benzene rings is 2. The van der Waals surface area contributed by atoms with Crippen LogP contribution in [0, 0.1) is 0 Å². The monoisotopic (exact) mass is 487 g/mol. The number of nitrogens with one attached hydrogen (secondary N) is 1. The SMILES string of the molecule is CCCOc1c(Br)cc(C(=O)OCC(=O)Nc2ccc(OC(F)F)cc2)cc1OC. The Morgan fingerprint density at radius 3 is 2.47 bits per heavy atom. The predicted octanol–water partition coefficient (Wildman–Crippen LogP) is 4.64. The van der Waals surface area contributed by atoms with Crippen LogP contribution in [0.1, 0.15) is 23.7 Å². The van der Waals surface area contributed by atoms with E-state index in [1.165, 1.54) is 43.5 Å². The van der Waals surface area contributed by atoms with Gasteiger partial charge in [-0.15, -0.1) is 0 Å². The summed E-state index contributed by atoms with van der Waals surface area (Å²) < 4.78 is 44.9. The fraction of sp³-hybridized carbons (Fsp3) is 0.300. The molecule has 0 aliphatic carbocycles. The van der Waals surface area contributed by atoms with Crippen molar-refractivity contribution in [2.24, 2.45) is 0 Å². The highest BCUT2D eigenvalue weighted by molar-refractivity contribution is 9.10. The van der Waals surface area contributed by atoms with Gasteiger partial charge in [0, 0.05) is 5.69 Å². The summed E-state index contributed by atoms with van der Waals surface area (Å²) in [5.41, 5.74) is 0.503. The highest BCUT2D eigenvalue weighted by Gasteiger charge is 2.17. The molecule has 1 amide bonds. The molecule has 0 atom stereocenters. The van der Waals surface area contributed by atoms with Crippen LogP contribution in [-0.4, -0.2) is 38.8 Å². The Labute approximate surface area is 180 Å². The molecule has 2 rings (SSSR count). The Bertz CT molecular complexity index is 876. The van der Waals surface area contributed by atoms with Crippen molar-refractivity contribution in [3.63, 3.8) is 0 Å². The van der Waals surface area contributed by atoms with Crippen molar-refractivity contribution in [1.29, 1.82) is 0 Å². The largest absolute Gasteiger partial charge is 0.493 e. The second-order valence-electron chi connectivity index (χ2n) is 5.87. The summed E-state index contributed by atoms with van der Waals surface area (Å²) in [5, 5.41) is 2.48. The molecule has 0 aliphatic heterocycles. The molecule has 7 nitrogen and oxygen atoms in total. The summed E-state index contributed by atoms with van der Waals surface area (Å²) in [6.07, 6.45) is 0.802. The number of rotatable bonds is 10. The van der Waals surface area contributed by atoms with Gasteiger partial charge in [-0.1, -0.05) is 6.92 Å². The van der Waals surface area contributed by atoms with Crippen molar-refractivity contribution in [2.75, 3.05) is 25.6 Å². The Kier molecular flexibility index (Phi) is 8.85. The number of hydrogen-bond acceptors (Lipinski definition) is 6. The zero-order valence-electron chi connectivity index (χ0n) is 16.2. The molecule has 0 fully saturated rings. The van der Waals surface area contributed by atoms with Crippen LogP contribution in [0.4, 0.5) is 14.5 Å². The molecule has 30 heavy (non-hydrogen) atoms. The van der Waals surface area contributed by atoms with Gasteiger partial charge in [0.2, 0.25) is 0 Å². The molecule has 162 valence electrons. The summed E-state index contributed by atoms with van der Waals surface area (Å²) in [4.78, 5) is 24.3. The normalized spacial score (nSPS) is 10.5. The molecule has 0 aliphatic rings. The van der Waals surface area contributed by atoms with Crippen LogP contribution < -0.4 is 19.5 Å². The van der Waals surface area contributed by atoms with Crippen LogP contribution in [0.15, 0.2) is 40.9 Å². The first-order valence-electron chi connectivity index (χ1n) is 8.86. The van der Waals surface area contributed by atoms with E-state index in [1.54, 1.807) is 0 Å². The minimum Gasteiger partial charge on any atom is -0.493 e. The van der Waals surface area contributed by atoms with Crippen LogP contribution in [0.3, 0.4) is 0 Å². The van der Waals surface area contributed by atoms with E-state index in [0.29, 0.717) is 28.3 Å². The lowest BCUT2D eigenvalue weighted by Gasteiger charge is -2.13. The Morgan fingerprint density at radius 2 is 1.87 bits per heavy atom. The number of ether oxygens (including phenoxy) is 4. The molecule has 0 saturated carbocycles. The standard InChI is InChI=1S/C20H20BrF2NO6/c1-3-8-28-18-15(21)9-12(10-16(18)27-2)19(26)29-11-17(25)24-13-4-6-14(7-5-13)30-20(22)23/h4-7,9-10,20H,3,8,11H2,1-2H3,(H,24,25). The smallest absolute Gasteiger partial charge is 0.387 e. The second-order valence-corrected chi connectivity index (χ2v) is 6.72. The van der Waals surface area contributed by atoms with Gasteiger partial charge < -0.3 is 24.3 Å². The van der Waals surface area contributed by atoms with E-state index < -0.39 is 25.1 Å². The Morgan fingerprint density at radius 1 is 1.17 bits per heavy atom. The third kappa shape index (κ3) is 6.87. The summed E-state index contributed by atoms with van der Waals surface area (Å²) in [5.74, 6) is -0.555. The third-order valence-electron chi connectivity index (χ3n) is 3.61. The van der Waals surface area contributed by atoms with E-state index in [1.807, 2.05) is 6.92 Å². The maximum Gasteiger partial charge on any atom is 0.387 e. The summed E-state index contributed by atoms with van der Waals surface area (Å²) >= 11 is 3.33. The third-order valence-corrected chi connectivity index (χ3v) is 4.20. The number of methoxy groups -OCH3 is 1. The van der Waals surface area contributed by atoms with Crippen molar-refractivity contribution in [3.05, 3.63) is 46.4 Å². The molecule has 0 heterocycles. The van der Waals surface area contributed by atoms with Gasteiger partial charge in [-0.2, -0.15) is 8.78 Å². The first kappa shape index (κ1) is 23.4. The molecule has 2 aromatic rings. The topological polar surface area (TPSA) is 83.1 Å². The molecule has 0 saturated heterocycles. The van der Waals surface area contributed by atoms with Gasteiger partial charge in [-0.3, -0.25) is 4.79 Å². The van der Waals surface area contributed by atoms with Crippen molar-refractivity contribution in [3.8, 4) is 17.2 Å². The number of carbonyl (C=O) groups is 2. The molecule has 2 aromatic carbocycles. The van der Waals surface area contributed by atoms with Gasteiger partial charge >= 0.3 is 12.6 Å². The van der Waals surface area contributed by atoms with Gasteiger partial charge in [0.1, 0.15) is 5.75 Å². The van der Waals surface area contributed by atoms with E-state index >= 15 is 0 Å². The number of anilines is 1. The van der Waals surface area contributed by atoms with Crippen molar-refractivity contribution in [1.82, 2.24) is 0 Å². The molecule has 0 unspecified atom stereocenters. The lowest BCUT2D eigenvalue weighted by atomic mass is 10.2. The van der Waals surface area contributed by atoms with E-state index in [2.05, 4.69) is 26.0 Å². The first-order valence-corrected chi connectivity index (χ1v) is 9.65.